The van der Waals surface area contributed by atoms with Crippen LogP contribution in [0.3, 0.4) is 0 Å². The minimum atomic E-state index is -3.50. The molecule has 1 heterocycles. The zero-order valence-electron chi connectivity index (χ0n) is 16.4. The van der Waals surface area contributed by atoms with Gasteiger partial charge in [0, 0.05) is 31.7 Å². The van der Waals surface area contributed by atoms with Gasteiger partial charge in [-0.05, 0) is 19.1 Å². The fourth-order valence-electron chi connectivity index (χ4n) is 3.45. The summed E-state index contributed by atoms with van der Waals surface area (Å²) in [5.74, 6) is 0.0743. The van der Waals surface area contributed by atoms with Gasteiger partial charge < -0.3 is 9.80 Å². The molecule has 1 N–H and O–H groups in total. The van der Waals surface area contributed by atoms with Gasteiger partial charge in [0.2, 0.25) is 10.0 Å². The van der Waals surface area contributed by atoms with Gasteiger partial charge in [-0.1, -0.05) is 48.5 Å². The Labute approximate surface area is 167 Å². The molecule has 0 radical (unpaired) electrons. The molecule has 1 amide bonds. The molecule has 2 atom stereocenters. The number of sulfonamides is 1. The van der Waals surface area contributed by atoms with Crippen molar-refractivity contribution in [3.63, 3.8) is 0 Å². The molecule has 150 valence electrons. The number of nitrogens with zero attached hydrogens (tertiary/aromatic N) is 2. The Bertz CT molecular complexity index is 880. The summed E-state index contributed by atoms with van der Waals surface area (Å²) in [4.78, 5) is 16.1. The van der Waals surface area contributed by atoms with Crippen LogP contribution in [0.4, 0.5) is 0 Å². The molecule has 0 aliphatic carbocycles. The summed E-state index contributed by atoms with van der Waals surface area (Å²) in [7, 11) is -1.48. The highest BCUT2D eigenvalue weighted by Crippen LogP contribution is 2.17. The number of hydrogen-bond acceptors (Lipinski definition) is 3. The maximum Gasteiger partial charge on any atom is 0.280 e. The lowest BCUT2D eigenvalue weighted by Gasteiger charge is -2.35. The van der Waals surface area contributed by atoms with E-state index in [1.54, 1.807) is 35.2 Å². The molecule has 0 saturated carbocycles. The van der Waals surface area contributed by atoms with Crippen molar-refractivity contribution in [3.8, 4) is 0 Å². The molecule has 2 aromatic carbocycles. The Morgan fingerprint density at radius 2 is 1.50 bits per heavy atom. The number of amides is 1. The predicted octanol–water partition coefficient (Wildman–Crippen LogP) is 0.623. The lowest BCUT2D eigenvalue weighted by Crippen LogP contribution is -3.12. The maximum atomic E-state index is 12.9. The molecule has 0 spiro atoms. The van der Waals surface area contributed by atoms with Crippen LogP contribution < -0.4 is 4.90 Å². The molecule has 6 nitrogen and oxygen atoms in total. The average Bonchev–Trinajstić information content (AvgIpc) is 2.74. The first kappa shape index (κ1) is 20.5. The Morgan fingerprint density at radius 1 is 0.964 bits per heavy atom. The van der Waals surface area contributed by atoms with Crippen LogP contribution in [-0.4, -0.2) is 62.8 Å². The number of carbonyl (C=O) groups is 1. The smallest absolute Gasteiger partial charge is 0.280 e. The highest BCUT2D eigenvalue weighted by Gasteiger charge is 2.33. The van der Waals surface area contributed by atoms with Gasteiger partial charge in [-0.15, -0.1) is 0 Å². The van der Waals surface area contributed by atoms with Crippen molar-refractivity contribution in [2.75, 3.05) is 33.2 Å². The number of likely N-dealkylation sites (N-methyl/N-ethyl adjacent to an activating group) is 1. The van der Waals surface area contributed by atoms with Crippen molar-refractivity contribution in [3.05, 3.63) is 66.2 Å². The topological polar surface area (TPSA) is 62.1 Å². The largest absolute Gasteiger partial charge is 0.335 e. The van der Waals surface area contributed by atoms with E-state index in [2.05, 4.69) is 12.1 Å². The van der Waals surface area contributed by atoms with Gasteiger partial charge in [0.25, 0.3) is 5.91 Å². The van der Waals surface area contributed by atoms with E-state index < -0.39 is 10.0 Å². The van der Waals surface area contributed by atoms with Crippen molar-refractivity contribution in [2.24, 2.45) is 0 Å². The summed E-state index contributed by atoms with van der Waals surface area (Å²) in [5, 5.41) is 0. The van der Waals surface area contributed by atoms with Gasteiger partial charge in [-0.3, -0.25) is 4.79 Å². The van der Waals surface area contributed by atoms with Crippen LogP contribution in [0.2, 0.25) is 0 Å². The second-order valence-corrected chi connectivity index (χ2v) is 9.21. The molecular weight excluding hydrogens is 374 g/mol. The van der Waals surface area contributed by atoms with E-state index in [0.717, 1.165) is 11.4 Å². The monoisotopic (exact) mass is 402 g/mol. The molecule has 3 rings (SSSR count). The second kappa shape index (κ2) is 8.86. The minimum Gasteiger partial charge on any atom is -0.335 e. The van der Waals surface area contributed by atoms with Gasteiger partial charge in [-0.2, -0.15) is 4.31 Å². The number of benzene rings is 2. The minimum absolute atomic E-state index is 0.0743. The third-order valence-corrected chi connectivity index (χ3v) is 7.28. The standard InChI is InChI=1S/C21H27N3O3S/c1-18(22(2)17-19-9-5-3-6-10-19)21(25)23-13-15-24(16-14-23)28(26,27)20-11-7-4-8-12-20/h3-12,18H,13-17H2,1-2H3/p+1/t18-/m0/s1. The number of hydrogen-bond donors (Lipinski definition) is 1. The first-order valence-corrected chi connectivity index (χ1v) is 11.0. The molecule has 7 heteroatoms. The van der Waals surface area contributed by atoms with Crippen molar-refractivity contribution in [2.45, 2.75) is 24.4 Å². The predicted molar refractivity (Wildman–Crippen MR) is 108 cm³/mol. The molecular formula is C21H28N3O3S+. The van der Waals surface area contributed by atoms with E-state index in [1.807, 2.05) is 32.2 Å². The zero-order chi connectivity index (χ0) is 20.1. The average molecular weight is 403 g/mol. The van der Waals surface area contributed by atoms with Crippen molar-refractivity contribution >= 4 is 15.9 Å². The highest BCUT2D eigenvalue weighted by molar-refractivity contribution is 7.89. The Kier molecular flexibility index (Phi) is 6.49. The summed E-state index contributed by atoms with van der Waals surface area (Å²) in [6.45, 7) is 4.21. The number of rotatable bonds is 6. The van der Waals surface area contributed by atoms with Crippen LogP contribution in [0.25, 0.3) is 0 Å². The molecule has 1 aliphatic heterocycles. The Hall–Kier alpha value is -2.22. The quantitative estimate of drug-likeness (QED) is 0.771. The summed E-state index contributed by atoms with van der Waals surface area (Å²) in [5.41, 5.74) is 1.19. The summed E-state index contributed by atoms with van der Waals surface area (Å²) in [6, 6.07) is 18.4. The first-order chi connectivity index (χ1) is 13.4. The number of quaternary nitrogens is 1. The fourth-order valence-corrected chi connectivity index (χ4v) is 4.89. The number of piperazine rings is 1. The van der Waals surface area contributed by atoms with Crippen LogP contribution in [-0.2, 0) is 21.4 Å². The lowest BCUT2D eigenvalue weighted by molar-refractivity contribution is -0.908. The van der Waals surface area contributed by atoms with Gasteiger partial charge in [0.1, 0.15) is 6.54 Å². The third kappa shape index (κ3) is 4.60. The van der Waals surface area contributed by atoms with Gasteiger partial charge in [0.05, 0.1) is 11.9 Å². The Morgan fingerprint density at radius 3 is 2.07 bits per heavy atom. The van der Waals surface area contributed by atoms with E-state index in [1.165, 1.54) is 9.87 Å². The van der Waals surface area contributed by atoms with E-state index >= 15 is 0 Å². The van der Waals surface area contributed by atoms with Gasteiger partial charge in [-0.25, -0.2) is 8.42 Å². The third-order valence-electron chi connectivity index (χ3n) is 5.37. The SMILES string of the molecule is C[C@@H](C(=O)N1CCN(S(=O)(=O)c2ccccc2)CC1)[NH+](C)Cc1ccccc1. The van der Waals surface area contributed by atoms with E-state index in [0.29, 0.717) is 31.1 Å². The van der Waals surface area contributed by atoms with Crippen LogP contribution in [0.15, 0.2) is 65.6 Å². The van der Waals surface area contributed by atoms with Gasteiger partial charge >= 0.3 is 0 Å². The zero-order valence-corrected chi connectivity index (χ0v) is 17.2. The second-order valence-electron chi connectivity index (χ2n) is 7.27. The fraction of sp³-hybridized carbons (Fsp3) is 0.381. The lowest BCUT2D eigenvalue weighted by atomic mass is 10.1. The van der Waals surface area contributed by atoms with Crippen LogP contribution in [0.1, 0.15) is 12.5 Å². The van der Waals surface area contributed by atoms with Crippen molar-refractivity contribution in [1.29, 1.82) is 0 Å². The van der Waals surface area contributed by atoms with Crippen molar-refractivity contribution < 1.29 is 18.1 Å². The van der Waals surface area contributed by atoms with E-state index in [4.69, 9.17) is 0 Å². The normalized spacial score (nSPS) is 17.9. The molecule has 1 fully saturated rings. The summed E-state index contributed by atoms with van der Waals surface area (Å²) >= 11 is 0. The first-order valence-electron chi connectivity index (χ1n) is 9.60. The summed E-state index contributed by atoms with van der Waals surface area (Å²) in [6.07, 6.45) is 0. The molecule has 1 aliphatic rings. The molecule has 0 aromatic heterocycles. The molecule has 2 aromatic rings. The molecule has 0 bridgehead atoms. The molecule has 1 saturated heterocycles. The molecule has 28 heavy (non-hydrogen) atoms. The van der Waals surface area contributed by atoms with Crippen LogP contribution in [0, 0.1) is 0 Å². The van der Waals surface area contributed by atoms with Gasteiger partial charge in [0.15, 0.2) is 6.04 Å². The Balaban J connectivity index is 1.57. The van der Waals surface area contributed by atoms with Crippen LogP contribution in [0.5, 0.6) is 0 Å². The van der Waals surface area contributed by atoms with Crippen LogP contribution >= 0.6 is 0 Å². The highest BCUT2D eigenvalue weighted by atomic mass is 32.2. The van der Waals surface area contributed by atoms with E-state index in [-0.39, 0.29) is 11.9 Å². The number of carbonyl (C=O) groups excluding carboxylic acids is 1. The van der Waals surface area contributed by atoms with E-state index in [9.17, 15) is 13.2 Å². The number of nitrogens with one attached hydrogen (secondary N) is 1. The maximum absolute atomic E-state index is 12.9. The molecule has 1 unspecified atom stereocenters. The van der Waals surface area contributed by atoms with Crippen molar-refractivity contribution in [1.82, 2.24) is 9.21 Å². The summed E-state index contributed by atoms with van der Waals surface area (Å²) < 4.78 is 26.9.